The highest BCUT2D eigenvalue weighted by Crippen LogP contribution is 2.28. The summed E-state index contributed by atoms with van der Waals surface area (Å²) in [6.07, 6.45) is 1.63. The number of aromatic nitrogens is 2. The number of fused-ring (bicyclic) bond motifs is 1. The number of thiophene rings is 1. The van der Waals surface area contributed by atoms with Crippen LogP contribution in [0.5, 0.6) is 0 Å². The Morgan fingerprint density at radius 3 is 3.08 bits per heavy atom. The van der Waals surface area contributed by atoms with Crippen LogP contribution in [0.2, 0.25) is 0 Å². The minimum atomic E-state index is 0.557. The molecule has 2 aromatic heterocycles. The van der Waals surface area contributed by atoms with Crippen molar-refractivity contribution in [3.8, 4) is 0 Å². The molecule has 0 saturated heterocycles. The highest BCUT2D eigenvalue weighted by molar-refractivity contribution is 7.71. The van der Waals surface area contributed by atoms with E-state index in [0.29, 0.717) is 6.54 Å². The molecule has 0 spiro atoms. The second-order valence-corrected chi connectivity index (χ2v) is 4.26. The van der Waals surface area contributed by atoms with Crippen molar-refractivity contribution in [2.24, 2.45) is 5.73 Å². The summed E-state index contributed by atoms with van der Waals surface area (Å²) >= 11 is 6.79. The van der Waals surface area contributed by atoms with Crippen LogP contribution in [0.1, 0.15) is 10.4 Å². The van der Waals surface area contributed by atoms with Gasteiger partial charge in [-0.15, -0.1) is 11.3 Å². The van der Waals surface area contributed by atoms with Gasteiger partial charge >= 0.3 is 0 Å². The first-order valence-corrected chi connectivity index (χ1v) is 5.12. The first-order valence-electron chi connectivity index (χ1n) is 3.89. The van der Waals surface area contributed by atoms with E-state index in [0.717, 1.165) is 25.3 Å². The molecule has 0 bridgehead atoms. The van der Waals surface area contributed by atoms with E-state index in [-0.39, 0.29) is 0 Å². The third-order valence-electron chi connectivity index (χ3n) is 2.02. The lowest BCUT2D eigenvalue weighted by atomic mass is 10.2. The molecule has 3 N–H and O–H groups in total. The highest BCUT2D eigenvalue weighted by atomic mass is 32.1. The second-order valence-electron chi connectivity index (χ2n) is 2.77. The fraction of sp³-hybridized carbons (Fsp3) is 0.250. The van der Waals surface area contributed by atoms with Crippen molar-refractivity contribution in [2.45, 2.75) is 13.5 Å². The summed E-state index contributed by atoms with van der Waals surface area (Å²) in [5.41, 5.74) is 6.77. The van der Waals surface area contributed by atoms with Crippen LogP contribution in [-0.2, 0) is 6.54 Å². The molecule has 0 radical (unpaired) electrons. The Labute approximate surface area is 84.6 Å². The summed E-state index contributed by atoms with van der Waals surface area (Å²) in [6.45, 7) is 2.59. The van der Waals surface area contributed by atoms with Gasteiger partial charge in [-0.25, -0.2) is 4.98 Å². The molecule has 0 amide bonds. The molecule has 2 heterocycles. The maximum absolute atomic E-state index is 5.60. The maximum Gasteiger partial charge on any atom is 0.128 e. The Kier molecular flexibility index (Phi) is 2.15. The molecule has 5 heteroatoms. The molecule has 2 aromatic rings. The van der Waals surface area contributed by atoms with Crippen molar-refractivity contribution in [2.75, 3.05) is 0 Å². The van der Waals surface area contributed by atoms with E-state index in [2.05, 4.69) is 9.97 Å². The van der Waals surface area contributed by atoms with Crippen LogP contribution in [0.25, 0.3) is 10.2 Å². The molecule has 0 atom stereocenters. The third kappa shape index (κ3) is 1.29. The fourth-order valence-corrected chi connectivity index (χ4v) is 2.72. The Hall–Kier alpha value is -0.780. The number of nitrogens with one attached hydrogen (secondary N) is 1. The van der Waals surface area contributed by atoms with Crippen molar-refractivity contribution in [1.29, 1.82) is 0 Å². The summed E-state index contributed by atoms with van der Waals surface area (Å²) < 4.78 is 0.749. The fourth-order valence-electron chi connectivity index (χ4n) is 1.32. The number of rotatable bonds is 1. The number of nitrogens with two attached hydrogens (primary N) is 1. The Balaban J connectivity index is 2.93. The number of H-pyrrole nitrogens is 1. The van der Waals surface area contributed by atoms with E-state index >= 15 is 0 Å². The Morgan fingerprint density at radius 1 is 1.69 bits per heavy atom. The standard InChI is InChI=1S/C8H9N3S2/c1-4-5(2-9)13-8-6(4)7(12)10-3-11-8/h3H,2,9H2,1H3,(H,10,11,12). The molecule has 0 aliphatic heterocycles. The summed E-state index contributed by atoms with van der Waals surface area (Å²) in [7, 11) is 0. The van der Waals surface area contributed by atoms with Crippen LogP contribution in [0.3, 0.4) is 0 Å². The van der Waals surface area contributed by atoms with Crippen molar-refractivity contribution in [1.82, 2.24) is 9.97 Å². The zero-order valence-electron chi connectivity index (χ0n) is 7.13. The second kappa shape index (κ2) is 3.17. The largest absolute Gasteiger partial charge is 0.337 e. The van der Waals surface area contributed by atoms with Crippen molar-refractivity contribution in [3.63, 3.8) is 0 Å². The topological polar surface area (TPSA) is 54.7 Å². The van der Waals surface area contributed by atoms with E-state index < -0.39 is 0 Å². The molecule has 2 rings (SSSR count). The molecule has 0 saturated carbocycles. The summed E-state index contributed by atoms with van der Waals surface area (Å²) in [5.74, 6) is 0. The summed E-state index contributed by atoms with van der Waals surface area (Å²) in [5, 5.41) is 1.04. The van der Waals surface area contributed by atoms with Crippen molar-refractivity contribution < 1.29 is 0 Å². The number of aryl methyl sites for hydroxylation is 1. The third-order valence-corrected chi connectivity index (χ3v) is 3.56. The van der Waals surface area contributed by atoms with E-state index in [1.807, 2.05) is 6.92 Å². The van der Waals surface area contributed by atoms with Gasteiger partial charge < -0.3 is 10.7 Å². The molecular weight excluding hydrogens is 202 g/mol. The van der Waals surface area contributed by atoms with Gasteiger partial charge in [-0.1, -0.05) is 12.2 Å². The van der Waals surface area contributed by atoms with E-state index in [1.54, 1.807) is 17.7 Å². The lowest BCUT2D eigenvalue weighted by molar-refractivity contribution is 1.09. The average molecular weight is 211 g/mol. The normalized spacial score (nSPS) is 10.9. The lowest BCUT2D eigenvalue weighted by Crippen LogP contribution is -1.94. The molecule has 0 aromatic carbocycles. The van der Waals surface area contributed by atoms with Gasteiger partial charge in [0, 0.05) is 16.8 Å². The monoisotopic (exact) mass is 211 g/mol. The summed E-state index contributed by atoms with van der Waals surface area (Å²) in [6, 6.07) is 0. The van der Waals surface area contributed by atoms with Gasteiger partial charge in [-0.3, -0.25) is 0 Å². The molecule has 0 unspecified atom stereocenters. The van der Waals surface area contributed by atoms with Crippen LogP contribution in [-0.4, -0.2) is 9.97 Å². The molecule has 0 aliphatic rings. The molecule has 3 nitrogen and oxygen atoms in total. The molecule has 13 heavy (non-hydrogen) atoms. The lowest BCUT2D eigenvalue weighted by Gasteiger charge is -1.92. The Bertz CT molecular complexity index is 498. The van der Waals surface area contributed by atoms with Gasteiger partial charge in [0.25, 0.3) is 0 Å². The van der Waals surface area contributed by atoms with Gasteiger partial charge in [-0.05, 0) is 12.5 Å². The summed E-state index contributed by atoms with van der Waals surface area (Å²) in [4.78, 5) is 9.27. The molecule has 68 valence electrons. The van der Waals surface area contributed by atoms with Gasteiger partial charge in [0.2, 0.25) is 0 Å². The van der Waals surface area contributed by atoms with Crippen LogP contribution >= 0.6 is 23.6 Å². The SMILES string of the molecule is Cc1c(CN)sc2nc[nH]c(=S)c12. The zero-order valence-corrected chi connectivity index (χ0v) is 8.76. The van der Waals surface area contributed by atoms with Gasteiger partial charge in [0.1, 0.15) is 9.47 Å². The predicted octanol–water partition coefficient (Wildman–Crippen LogP) is 2.12. The van der Waals surface area contributed by atoms with Crippen LogP contribution in [0.15, 0.2) is 6.33 Å². The van der Waals surface area contributed by atoms with E-state index in [1.165, 1.54) is 0 Å². The van der Waals surface area contributed by atoms with E-state index in [9.17, 15) is 0 Å². The zero-order chi connectivity index (χ0) is 9.42. The number of hydrogen-bond donors (Lipinski definition) is 2. The minimum absolute atomic E-state index is 0.557. The first kappa shape index (κ1) is 8.80. The average Bonchev–Trinajstić information content (AvgIpc) is 2.44. The van der Waals surface area contributed by atoms with Gasteiger partial charge in [-0.2, -0.15) is 0 Å². The maximum atomic E-state index is 5.60. The minimum Gasteiger partial charge on any atom is -0.337 e. The molecule has 0 fully saturated rings. The first-order chi connectivity index (χ1) is 6.24. The smallest absolute Gasteiger partial charge is 0.128 e. The highest BCUT2D eigenvalue weighted by Gasteiger charge is 2.08. The quantitative estimate of drug-likeness (QED) is 0.710. The van der Waals surface area contributed by atoms with Crippen molar-refractivity contribution >= 4 is 33.8 Å². The number of hydrogen-bond acceptors (Lipinski definition) is 4. The predicted molar refractivity (Wildman–Crippen MR) is 57.4 cm³/mol. The number of nitrogens with zero attached hydrogens (tertiary/aromatic N) is 1. The van der Waals surface area contributed by atoms with Crippen molar-refractivity contribution in [3.05, 3.63) is 21.4 Å². The number of aromatic amines is 1. The van der Waals surface area contributed by atoms with E-state index in [4.69, 9.17) is 18.0 Å². The van der Waals surface area contributed by atoms with Crippen LogP contribution < -0.4 is 5.73 Å². The Morgan fingerprint density at radius 2 is 2.46 bits per heavy atom. The van der Waals surface area contributed by atoms with Crippen LogP contribution in [0.4, 0.5) is 0 Å². The molecule has 0 aliphatic carbocycles. The van der Waals surface area contributed by atoms with Gasteiger partial charge in [0.15, 0.2) is 0 Å². The molecular formula is C8H9N3S2. The van der Waals surface area contributed by atoms with Crippen LogP contribution in [0, 0.1) is 11.6 Å². The van der Waals surface area contributed by atoms with Gasteiger partial charge in [0.05, 0.1) is 6.33 Å².